The van der Waals surface area contributed by atoms with E-state index in [1.165, 1.54) is 17.8 Å². The van der Waals surface area contributed by atoms with E-state index in [4.69, 9.17) is 4.98 Å². The summed E-state index contributed by atoms with van der Waals surface area (Å²) in [4.78, 5) is 20.7. The number of thiazole rings is 1. The molecule has 4 nitrogen and oxygen atoms in total. The van der Waals surface area contributed by atoms with E-state index in [2.05, 4.69) is 18.7 Å². The van der Waals surface area contributed by atoms with Crippen LogP contribution in [0.1, 0.15) is 26.0 Å². The highest BCUT2D eigenvalue weighted by Gasteiger charge is 2.22. The smallest absolute Gasteiger partial charge is 0.259 e. The van der Waals surface area contributed by atoms with Crippen LogP contribution in [-0.4, -0.2) is 27.4 Å². The molecule has 0 radical (unpaired) electrons. The van der Waals surface area contributed by atoms with Gasteiger partial charge in [-0.2, -0.15) is 0 Å². The van der Waals surface area contributed by atoms with Gasteiger partial charge in [-0.15, -0.1) is 11.3 Å². The number of aromatic nitrogens is 2. The molecule has 130 valence electrons. The largest absolute Gasteiger partial charge is 0.297 e. The normalized spacial score (nSPS) is 21.7. The number of piperidine rings is 1. The summed E-state index contributed by atoms with van der Waals surface area (Å²) < 4.78 is 1.73. The van der Waals surface area contributed by atoms with E-state index in [-0.39, 0.29) is 5.56 Å². The molecule has 3 aromatic rings. The zero-order chi connectivity index (χ0) is 17.4. The first-order valence-corrected chi connectivity index (χ1v) is 9.76. The molecule has 4 rings (SSSR count). The summed E-state index contributed by atoms with van der Waals surface area (Å²) >= 11 is 1.53. The third-order valence-corrected chi connectivity index (χ3v) is 5.68. The minimum absolute atomic E-state index is 0.0122. The molecule has 0 spiro atoms. The summed E-state index contributed by atoms with van der Waals surface area (Å²) in [5.41, 5.74) is 2.86. The summed E-state index contributed by atoms with van der Waals surface area (Å²) in [5.74, 6) is 1.42. The fourth-order valence-electron chi connectivity index (χ4n) is 4.01. The maximum Gasteiger partial charge on any atom is 0.259 e. The monoisotopic (exact) mass is 353 g/mol. The molecule has 2 aromatic heterocycles. The molecule has 3 heterocycles. The number of benzene rings is 1. The van der Waals surface area contributed by atoms with Gasteiger partial charge >= 0.3 is 0 Å². The quantitative estimate of drug-likeness (QED) is 0.717. The fourth-order valence-corrected chi connectivity index (χ4v) is 4.93. The van der Waals surface area contributed by atoms with Gasteiger partial charge in [0.2, 0.25) is 0 Å². The summed E-state index contributed by atoms with van der Waals surface area (Å²) in [5, 5.41) is 2.02. The van der Waals surface area contributed by atoms with Gasteiger partial charge in [0.05, 0.1) is 11.4 Å². The van der Waals surface area contributed by atoms with Crippen molar-refractivity contribution in [3.8, 4) is 11.3 Å². The Hall–Kier alpha value is -1.98. The Balaban J connectivity index is 1.66. The molecule has 0 bridgehead atoms. The molecule has 5 heteroatoms. The van der Waals surface area contributed by atoms with Crippen molar-refractivity contribution in [2.24, 2.45) is 11.8 Å². The van der Waals surface area contributed by atoms with Gasteiger partial charge in [0, 0.05) is 31.1 Å². The van der Waals surface area contributed by atoms with Gasteiger partial charge in [-0.3, -0.25) is 14.1 Å². The Bertz CT molecular complexity index is 921. The van der Waals surface area contributed by atoms with Crippen molar-refractivity contribution in [2.45, 2.75) is 26.8 Å². The second-order valence-corrected chi connectivity index (χ2v) is 8.17. The lowest BCUT2D eigenvalue weighted by Crippen LogP contribution is -2.38. The molecule has 0 saturated carbocycles. The van der Waals surface area contributed by atoms with Crippen LogP contribution in [-0.2, 0) is 6.54 Å². The van der Waals surface area contributed by atoms with E-state index in [0.717, 1.165) is 41.5 Å². The lowest BCUT2D eigenvalue weighted by molar-refractivity contribution is 0.133. The van der Waals surface area contributed by atoms with Gasteiger partial charge in [-0.1, -0.05) is 44.2 Å². The Kier molecular flexibility index (Phi) is 4.44. The van der Waals surface area contributed by atoms with Crippen LogP contribution in [0.25, 0.3) is 16.2 Å². The van der Waals surface area contributed by atoms with Crippen LogP contribution in [0.3, 0.4) is 0 Å². The molecule has 0 aliphatic carbocycles. The van der Waals surface area contributed by atoms with Crippen molar-refractivity contribution in [3.63, 3.8) is 0 Å². The first-order chi connectivity index (χ1) is 12.1. The molecule has 0 N–H and O–H groups in total. The zero-order valence-electron chi connectivity index (χ0n) is 14.7. The Morgan fingerprint density at radius 2 is 1.88 bits per heavy atom. The number of nitrogens with zero attached hydrogens (tertiary/aromatic N) is 3. The van der Waals surface area contributed by atoms with Crippen molar-refractivity contribution in [3.05, 3.63) is 57.8 Å². The van der Waals surface area contributed by atoms with Crippen LogP contribution in [0.15, 0.2) is 46.6 Å². The van der Waals surface area contributed by atoms with E-state index in [0.29, 0.717) is 11.8 Å². The third-order valence-electron chi connectivity index (χ3n) is 4.86. The molecular weight excluding hydrogens is 330 g/mol. The van der Waals surface area contributed by atoms with E-state index >= 15 is 0 Å². The number of rotatable bonds is 3. The second-order valence-electron chi connectivity index (χ2n) is 7.33. The molecule has 2 atom stereocenters. The van der Waals surface area contributed by atoms with Crippen LogP contribution < -0.4 is 5.56 Å². The van der Waals surface area contributed by atoms with E-state index in [9.17, 15) is 4.79 Å². The predicted molar refractivity (Wildman–Crippen MR) is 103 cm³/mol. The van der Waals surface area contributed by atoms with Crippen LogP contribution in [0, 0.1) is 11.8 Å². The minimum Gasteiger partial charge on any atom is -0.297 e. The molecule has 1 aliphatic rings. The lowest BCUT2D eigenvalue weighted by Gasteiger charge is -2.34. The van der Waals surface area contributed by atoms with Gasteiger partial charge < -0.3 is 0 Å². The topological polar surface area (TPSA) is 37.6 Å². The summed E-state index contributed by atoms with van der Waals surface area (Å²) in [6.45, 7) is 7.55. The van der Waals surface area contributed by atoms with Crippen LogP contribution in [0.5, 0.6) is 0 Å². The van der Waals surface area contributed by atoms with Crippen molar-refractivity contribution in [1.82, 2.24) is 14.3 Å². The molecule has 1 aromatic carbocycles. The van der Waals surface area contributed by atoms with E-state index in [1.54, 1.807) is 10.5 Å². The summed E-state index contributed by atoms with van der Waals surface area (Å²) in [6, 6.07) is 11.7. The van der Waals surface area contributed by atoms with E-state index < -0.39 is 0 Å². The van der Waals surface area contributed by atoms with Gasteiger partial charge in [0.25, 0.3) is 5.56 Å². The first kappa shape index (κ1) is 16.5. The van der Waals surface area contributed by atoms with E-state index in [1.807, 2.05) is 35.7 Å². The van der Waals surface area contributed by atoms with Gasteiger partial charge in [0.15, 0.2) is 4.96 Å². The lowest BCUT2D eigenvalue weighted by atomic mass is 9.92. The number of hydrogen-bond acceptors (Lipinski definition) is 4. The number of fused-ring (bicyclic) bond motifs is 1. The highest BCUT2D eigenvalue weighted by Crippen LogP contribution is 2.25. The van der Waals surface area contributed by atoms with Crippen molar-refractivity contribution >= 4 is 16.3 Å². The number of likely N-dealkylation sites (tertiary alicyclic amines) is 1. The van der Waals surface area contributed by atoms with Crippen LogP contribution >= 0.6 is 11.3 Å². The maximum absolute atomic E-state index is 12.7. The molecular formula is C20H23N3OS. The highest BCUT2D eigenvalue weighted by atomic mass is 32.1. The summed E-state index contributed by atoms with van der Waals surface area (Å²) in [6.07, 6.45) is 1.29. The third kappa shape index (κ3) is 3.39. The van der Waals surface area contributed by atoms with Crippen LogP contribution in [0.4, 0.5) is 0 Å². The molecule has 1 saturated heterocycles. The second kappa shape index (κ2) is 6.73. The fraction of sp³-hybridized carbons (Fsp3) is 0.400. The Morgan fingerprint density at radius 3 is 2.60 bits per heavy atom. The average Bonchev–Trinajstić information content (AvgIpc) is 2.99. The van der Waals surface area contributed by atoms with Crippen LogP contribution in [0.2, 0.25) is 0 Å². The molecule has 1 fully saturated rings. The standard InChI is InChI=1S/C20H23N3OS/c1-14-8-15(2)11-22(10-14)12-17-9-19(24)23-18(13-25-20(23)21-17)16-6-4-3-5-7-16/h3-7,9,13-15H,8,10-12H2,1-2H3. The van der Waals surface area contributed by atoms with Crippen molar-refractivity contribution < 1.29 is 0 Å². The first-order valence-electron chi connectivity index (χ1n) is 8.88. The Labute approximate surface area is 151 Å². The van der Waals surface area contributed by atoms with Gasteiger partial charge in [0.1, 0.15) is 0 Å². The Morgan fingerprint density at radius 1 is 1.16 bits per heavy atom. The maximum atomic E-state index is 12.7. The van der Waals surface area contributed by atoms with Crippen molar-refractivity contribution in [2.75, 3.05) is 13.1 Å². The molecule has 1 aliphatic heterocycles. The average molecular weight is 353 g/mol. The highest BCUT2D eigenvalue weighted by molar-refractivity contribution is 7.15. The molecule has 25 heavy (non-hydrogen) atoms. The molecule has 0 amide bonds. The SMILES string of the molecule is CC1CC(C)CN(Cc2cc(=O)n3c(-c4ccccc4)csc3n2)C1. The zero-order valence-corrected chi connectivity index (χ0v) is 15.5. The van der Waals surface area contributed by atoms with Gasteiger partial charge in [-0.05, 0) is 23.8 Å². The predicted octanol–water partition coefficient (Wildman–Crippen LogP) is 3.90. The van der Waals surface area contributed by atoms with Gasteiger partial charge in [-0.25, -0.2) is 4.98 Å². The summed E-state index contributed by atoms with van der Waals surface area (Å²) in [7, 11) is 0. The molecule has 2 unspecified atom stereocenters. The van der Waals surface area contributed by atoms with Crippen molar-refractivity contribution in [1.29, 1.82) is 0 Å². The minimum atomic E-state index is 0.0122. The number of hydrogen-bond donors (Lipinski definition) is 0.